The fraction of sp³-hybridized carbons (Fsp3) is 0.667. The van der Waals surface area contributed by atoms with Crippen molar-refractivity contribution in [3.05, 3.63) is 28.7 Å². The molecule has 1 aromatic rings. The smallest absolute Gasteiger partial charge is 0.303 e. The predicted octanol–water partition coefficient (Wildman–Crippen LogP) is 3.84. The standard InChI is InChI=1S/C18H29NO4/c1-2-3-4-5-6-7-8-15-23-16-11-9-13-19(18(16)22)14-10-12-17(20)21/h9,11,13H,2-8,10,12,14-15H2,1H3,(H,20,21). The van der Waals surface area contributed by atoms with Gasteiger partial charge in [0.2, 0.25) is 0 Å². The molecule has 0 aromatic carbocycles. The minimum atomic E-state index is -0.843. The van der Waals surface area contributed by atoms with Crippen LogP contribution >= 0.6 is 0 Å². The number of aromatic nitrogens is 1. The van der Waals surface area contributed by atoms with E-state index >= 15 is 0 Å². The van der Waals surface area contributed by atoms with Crippen molar-refractivity contribution >= 4 is 5.97 Å². The zero-order chi connectivity index (χ0) is 16.9. The first-order chi connectivity index (χ1) is 11.1. The van der Waals surface area contributed by atoms with E-state index in [9.17, 15) is 9.59 Å². The molecule has 1 heterocycles. The molecular formula is C18H29NO4. The van der Waals surface area contributed by atoms with E-state index in [1.54, 1.807) is 18.3 Å². The number of ether oxygens (including phenoxy) is 1. The summed E-state index contributed by atoms with van der Waals surface area (Å²) in [7, 11) is 0. The van der Waals surface area contributed by atoms with Gasteiger partial charge in [-0.3, -0.25) is 9.59 Å². The van der Waals surface area contributed by atoms with E-state index in [1.165, 1.54) is 36.7 Å². The highest BCUT2D eigenvalue weighted by Gasteiger charge is 2.05. The molecule has 130 valence electrons. The summed E-state index contributed by atoms with van der Waals surface area (Å²) in [5.74, 6) is -0.488. The average molecular weight is 323 g/mol. The first kappa shape index (κ1) is 19.3. The maximum absolute atomic E-state index is 12.2. The molecular weight excluding hydrogens is 294 g/mol. The number of rotatable bonds is 13. The van der Waals surface area contributed by atoms with Gasteiger partial charge in [-0.25, -0.2) is 0 Å². The van der Waals surface area contributed by atoms with Gasteiger partial charge in [0.05, 0.1) is 6.61 Å². The van der Waals surface area contributed by atoms with Gasteiger partial charge in [-0.2, -0.15) is 0 Å². The molecule has 0 bridgehead atoms. The number of carboxylic acid groups (broad SMARTS) is 1. The monoisotopic (exact) mass is 323 g/mol. The Kier molecular flexibility index (Phi) is 9.84. The lowest BCUT2D eigenvalue weighted by Crippen LogP contribution is -2.22. The van der Waals surface area contributed by atoms with E-state index < -0.39 is 5.97 Å². The first-order valence-corrected chi connectivity index (χ1v) is 8.69. The number of hydrogen-bond donors (Lipinski definition) is 1. The minimum absolute atomic E-state index is 0.0650. The van der Waals surface area contributed by atoms with Gasteiger partial charge in [0, 0.05) is 19.2 Å². The molecule has 0 spiro atoms. The lowest BCUT2D eigenvalue weighted by atomic mass is 10.1. The van der Waals surface area contributed by atoms with Crippen molar-refractivity contribution in [2.45, 2.75) is 71.3 Å². The third-order valence-electron chi connectivity index (χ3n) is 3.78. The van der Waals surface area contributed by atoms with Crippen LogP contribution in [-0.2, 0) is 11.3 Å². The van der Waals surface area contributed by atoms with Crippen molar-refractivity contribution in [2.75, 3.05) is 6.61 Å². The van der Waals surface area contributed by atoms with Gasteiger partial charge in [-0.1, -0.05) is 45.4 Å². The summed E-state index contributed by atoms with van der Waals surface area (Å²) < 4.78 is 7.10. The fourth-order valence-electron chi connectivity index (χ4n) is 2.44. The Morgan fingerprint density at radius 3 is 2.52 bits per heavy atom. The average Bonchev–Trinajstić information content (AvgIpc) is 2.52. The topological polar surface area (TPSA) is 68.5 Å². The predicted molar refractivity (Wildman–Crippen MR) is 91.1 cm³/mol. The second-order valence-electron chi connectivity index (χ2n) is 5.84. The van der Waals surface area contributed by atoms with Gasteiger partial charge in [0.25, 0.3) is 5.56 Å². The number of aliphatic carboxylic acids is 1. The molecule has 0 saturated heterocycles. The summed E-state index contributed by atoms with van der Waals surface area (Å²) >= 11 is 0. The van der Waals surface area contributed by atoms with E-state index in [-0.39, 0.29) is 12.0 Å². The Balaban J connectivity index is 2.28. The van der Waals surface area contributed by atoms with Gasteiger partial charge in [-0.15, -0.1) is 0 Å². The van der Waals surface area contributed by atoms with E-state index in [0.29, 0.717) is 25.3 Å². The summed E-state index contributed by atoms with van der Waals surface area (Å²) in [5, 5.41) is 8.64. The van der Waals surface area contributed by atoms with Crippen molar-refractivity contribution < 1.29 is 14.6 Å². The van der Waals surface area contributed by atoms with Crippen LogP contribution in [0.3, 0.4) is 0 Å². The largest absolute Gasteiger partial charge is 0.488 e. The third kappa shape index (κ3) is 8.43. The SMILES string of the molecule is CCCCCCCCCOc1cccn(CCCC(=O)O)c1=O. The number of hydrogen-bond acceptors (Lipinski definition) is 3. The highest BCUT2D eigenvalue weighted by molar-refractivity contribution is 5.66. The minimum Gasteiger partial charge on any atom is -0.488 e. The van der Waals surface area contributed by atoms with Crippen LogP contribution in [0.2, 0.25) is 0 Å². The number of aryl methyl sites for hydroxylation is 1. The van der Waals surface area contributed by atoms with E-state index in [1.807, 2.05) is 0 Å². The van der Waals surface area contributed by atoms with E-state index in [4.69, 9.17) is 9.84 Å². The van der Waals surface area contributed by atoms with E-state index in [0.717, 1.165) is 12.8 Å². The van der Waals surface area contributed by atoms with Crippen molar-refractivity contribution in [2.24, 2.45) is 0 Å². The molecule has 23 heavy (non-hydrogen) atoms. The summed E-state index contributed by atoms with van der Waals surface area (Å²) in [6.07, 6.45) is 10.6. The molecule has 5 nitrogen and oxygen atoms in total. The highest BCUT2D eigenvalue weighted by atomic mass is 16.5. The van der Waals surface area contributed by atoms with Gasteiger partial charge >= 0.3 is 5.97 Å². The van der Waals surface area contributed by atoms with Crippen LogP contribution in [0.25, 0.3) is 0 Å². The molecule has 0 saturated carbocycles. The quantitative estimate of drug-likeness (QED) is 0.560. The first-order valence-electron chi connectivity index (χ1n) is 8.69. The lowest BCUT2D eigenvalue weighted by Gasteiger charge is -2.09. The number of pyridine rings is 1. The zero-order valence-corrected chi connectivity index (χ0v) is 14.1. The number of nitrogens with zero attached hydrogens (tertiary/aromatic N) is 1. The normalized spacial score (nSPS) is 10.7. The fourth-order valence-corrected chi connectivity index (χ4v) is 2.44. The molecule has 0 aliphatic carbocycles. The van der Waals surface area contributed by atoms with Gasteiger partial charge in [0.15, 0.2) is 5.75 Å². The van der Waals surface area contributed by atoms with Crippen molar-refractivity contribution in [1.29, 1.82) is 0 Å². The Hall–Kier alpha value is -1.78. The molecule has 0 fully saturated rings. The molecule has 1 rings (SSSR count). The second kappa shape index (κ2) is 11.7. The Bertz CT molecular complexity index is 510. The molecule has 0 radical (unpaired) electrons. The van der Waals surface area contributed by atoms with Gasteiger partial charge in [-0.05, 0) is 25.0 Å². The van der Waals surface area contributed by atoms with Crippen LogP contribution in [0, 0.1) is 0 Å². The van der Waals surface area contributed by atoms with Crippen LogP contribution in [0.4, 0.5) is 0 Å². The number of unbranched alkanes of at least 4 members (excludes halogenated alkanes) is 6. The second-order valence-corrected chi connectivity index (χ2v) is 5.84. The maximum Gasteiger partial charge on any atom is 0.303 e. The molecule has 0 aliphatic rings. The summed E-state index contributed by atoms with van der Waals surface area (Å²) in [6.45, 7) is 3.17. The van der Waals surface area contributed by atoms with Crippen LogP contribution in [0.5, 0.6) is 5.75 Å². The number of carboxylic acids is 1. The lowest BCUT2D eigenvalue weighted by molar-refractivity contribution is -0.137. The maximum atomic E-state index is 12.2. The van der Waals surface area contributed by atoms with Crippen molar-refractivity contribution in [1.82, 2.24) is 4.57 Å². The highest BCUT2D eigenvalue weighted by Crippen LogP contribution is 2.08. The summed E-state index contributed by atoms with van der Waals surface area (Å²) in [6, 6.07) is 3.44. The van der Waals surface area contributed by atoms with Crippen LogP contribution < -0.4 is 10.3 Å². The van der Waals surface area contributed by atoms with Crippen LogP contribution in [-0.4, -0.2) is 22.2 Å². The Morgan fingerprint density at radius 1 is 1.13 bits per heavy atom. The summed E-state index contributed by atoms with van der Waals surface area (Å²) in [4.78, 5) is 22.7. The van der Waals surface area contributed by atoms with Crippen molar-refractivity contribution in [3.63, 3.8) is 0 Å². The molecule has 5 heteroatoms. The third-order valence-corrected chi connectivity index (χ3v) is 3.78. The number of carbonyl (C=O) groups is 1. The molecule has 1 N–H and O–H groups in total. The van der Waals surface area contributed by atoms with Gasteiger partial charge in [0.1, 0.15) is 0 Å². The van der Waals surface area contributed by atoms with Crippen LogP contribution in [0.1, 0.15) is 64.7 Å². The molecule has 0 aliphatic heterocycles. The summed E-state index contributed by atoms with van der Waals surface area (Å²) in [5.41, 5.74) is -0.180. The van der Waals surface area contributed by atoms with Gasteiger partial charge < -0.3 is 14.4 Å². The molecule has 1 aromatic heterocycles. The van der Waals surface area contributed by atoms with Crippen LogP contribution in [0.15, 0.2) is 23.1 Å². The van der Waals surface area contributed by atoms with Crippen molar-refractivity contribution in [3.8, 4) is 5.75 Å². The molecule has 0 unspecified atom stereocenters. The molecule has 0 atom stereocenters. The van der Waals surface area contributed by atoms with E-state index in [2.05, 4.69) is 6.92 Å². The zero-order valence-electron chi connectivity index (χ0n) is 14.1. The Morgan fingerprint density at radius 2 is 1.83 bits per heavy atom. The Labute approximate surface area is 138 Å². The molecule has 0 amide bonds.